The molecule has 0 aliphatic rings. The van der Waals surface area contributed by atoms with E-state index < -0.39 is 28.5 Å². The molecule has 0 atom stereocenters. The summed E-state index contributed by atoms with van der Waals surface area (Å²) in [6.07, 6.45) is 0. The zero-order valence-corrected chi connectivity index (χ0v) is 19.2. The largest absolute Gasteiger partial charge is 0.494 e. The molecule has 0 saturated heterocycles. The second-order valence-corrected chi connectivity index (χ2v) is 8.81. The number of anilines is 2. The minimum Gasteiger partial charge on any atom is -0.494 e. The molecule has 0 spiro atoms. The second kappa shape index (κ2) is 10.8. The van der Waals surface area contributed by atoms with E-state index in [1.54, 1.807) is 36.4 Å². The number of benzene rings is 3. The molecular weight excluding hydrogens is 468 g/mol. The van der Waals surface area contributed by atoms with E-state index in [-0.39, 0.29) is 16.1 Å². The highest BCUT2D eigenvalue weighted by molar-refractivity contribution is 7.92. The number of esters is 1. The summed E-state index contributed by atoms with van der Waals surface area (Å²) >= 11 is 5.80. The summed E-state index contributed by atoms with van der Waals surface area (Å²) in [6, 6.07) is 18.2. The average Bonchev–Trinajstić information content (AvgIpc) is 2.80. The number of sulfonamides is 1. The molecule has 0 aromatic heterocycles. The van der Waals surface area contributed by atoms with Gasteiger partial charge in [-0.1, -0.05) is 23.7 Å². The molecule has 0 saturated carbocycles. The molecule has 0 unspecified atom stereocenters. The lowest BCUT2D eigenvalue weighted by molar-refractivity contribution is -0.119. The Morgan fingerprint density at radius 2 is 1.61 bits per heavy atom. The summed E-state index contributed by atoms with van der Waals surface area (Å²) in [4.78, 5) is 24.6. The lowest BCUT2D eigenvalue weighted by atomic mass is 10.2. The fraction of sp³-hybridized carbons (Fsp3) is 0.130. The third-order valence-corrected chi connectivity index (χ3v) is 5.93. The van der Waals surface area contributed by atoms with Gasteiger partial charge in [0.2, 0.25) is 0 Å². The van der Waals surface area contributed by atoms with Gasteiger partial charge in [0, 0.05) is 10.7 Å². The van der Waals surface area contributed by atoms with E-state index in [4.69, 9.17) is 21.1 Å². The maximum absolute atomic E-state index is 12.8. The molecule has 0 heterocycles. The smallest absolute Gasteiger partial charge is 0.340 e. The predicted molar refractivity (Wildman–Crippen MR) is 125 cm³/mol. The molecule has 33 heavy (non-hydrogen) atoms. The number of amides is 1. The van der Waals surface area contributed by atoms with Crippen LogP contribution in [0.3, 0.4) is 0 Å². The summed E-state index contributed by atoms with van der Waals surface area (Å²) in [6.45, 7) is 1.72. The lowest BCUT2D eigenvalue weighted by Crippen LogP contribution is -2.22. The number of carbonyl (C=O) groups excluding carboxylic acids is 2. The molecule has 172 valence electrons. The fourth-order valence-corrected chi connectivity index (χ4v) is 3.98. The van der Waals surface area contributed by atoms with Crippen molar-refractivity contribution in [3.05, 3.63) is 83.4 Å². The Balaban J connectivity index is 1.66. The maximum Gasteiger partial charge on any atom is 0.340 e. The van der Waals surface area contributed by atoms with Crippen LogP contribution < -0.4 is 14.8 Å². The van der Waals surface area contributed by atoms with Crippen molar-refractivity contribution in [2.24, 2.45) is 0 Å². The number of nitrogens with one attached hydrogen (secondary N) is 2. The third-order valence-electron chi connectivity index (χ3n) is 4.30. The maximum atomic E-state index is 12.8. The van der Waals surface area contributed by atoms with Crippen molar-refractivity contribution in [3.63, 3.8) is 0 Å². The van der Waals surface area contributed by atoms with Crippen LogP contribution in [0, 0.1) is 0 Å². The van der Waals surface area contributed by atoms with Gasteiger partial charge < -0.3 is 14.8 Å². The number of hydrogen-bond acceptors (Lipinski definition) is 6. The SMILES string of the molecule is CCOc1ccc(S(=O)(=O)Nc2ccccc2C(=O)OCC(=O)Nc2ccc(Cl)cc2)cc1. The zero-order chi connectivity index (χ0) is 23.8. The van der Waals surface area contributed by atoms with Crippen molar-refractivity contribution in [3.8, 4) is 5.75 Å². The van der Waals surface area contributed by atoms with Crippen LogP contribution in [0.1, 0.15) is 17.3 Å². The van der Waals surface area contributed by atoms with E-state index in [0.717, 1.165) is 0 Å². The standard InChI is InChI=1S/C23H21ClN2O6S/c1-2-31-18-11-13-19(14-12-18)33(29,30)26-21-6-4-3-5-20(21)23(28)32-15-22(27)25-17-9-7-16(24)8-10-17/h3-14,26H,2,15H2,1H3,(H,25,27). The van der Waals surface area contributed by atoms with Gasteiger partial charge in [-0.25, -0.2) is 13.2 Å². The van der Waals surface area contributed by atoms with E-state index >= 15 is 0 Å². The normalized spacial score (nSPS) is 10.8. The molecule has 0 radical (unpaired) electrons. The van der Waals surface area contributed by atoms with Crippen molar-refractivity contribution in [1.29, 1.82) is 0 Å². The highest BCUT2D eigenvalue weighted by Gasteiger charge is 2.20. The van der Waals surface area contributed by atoms with Crippen LogP contribution in [0.4, 0.5) is 11.4 Å². The molecule has 3 rings (SSSR count). The molecule has 1 amide bonds. The number of ether oxygens (including phenoxy) is 2. The number of halogens is 1. The monoisotopic (exact) mass is 488 g/mol. The van der Waals surface area contributed by atoms with Gasteiger partial charge in [0.1, 0.15) is 5.75 Å². The molecular formula is C23H21ClN2O6S. The van der Waals surface area contributed by atoms with Crippen molar-refractivity contribution in [2.75, 3.05) is 23.3 Å². The van der Waals surface area contributed by atoms with Gasteiger partial charge in [-0.05, 0) is 67.6 Å². The van der Waals surface area contributed by atoms with Crippen LogP contribution in [0.5, 0.6) is 5.75 Å². The van der Waals surface area contributed by atoms with Crippen molar-refractivity contribution in [1.82, 2.24) is 0 Å². The van der Waals surface area contributed by atoms with Gasteiger partial charge in [0.15, 0.2) is 6.61 Å². The van der Waals surface area contributed by atoms with Crippen LogP contribution in [0.25, 0.3) is 0 Å². The Morgan fingerprint density at radius 3 is 2.27 bits per heavy atom. The zero-order valence-electron chi connectivity index (χ0n) is 17.6. The highest BCUT2D eigenvalue weighted by atomic mass is 35.5. The molecule has 0 bridgehead atoms. The predicted octanol–water partition coefficient (Wildman–Crippen LogP) is 4.34. The molecule has 0 aliphatic heterocycles. The van der Waals surface area contributed by atoms with Crippen molar-refractivity contribution < 1.29 is 27.5 Å². The first-order valence-corrected chi connectivity index (χ1v) is 11.7. The summed E-state index contributed by atoms with van der Waals surface area (Å²) in [5.41, 5.74) is 0.477. The number of para-hydroxylation sites is 1. The molecule has 0 aliphatic carbocycles. The molecule has 10 heteroatoms. The first-order chi connectivity index (χ1) is 15.8. The van der Waals surface area contributed by atoms with E-state index in [1.807, 2.05) is 6.92 Å². The van der Waals surface area contributed by atoms with Gasteiger partial charge in [-0.2, -0.15) is 0 Å². The lowest BCUT2D eigenvalue weighted by Gasteiger charge is -2.13. The summed E-state index contributed by atoms with van der Waals surface area (Å²) in [5.74, 6) is -0.873. The Kier molecular flexibility index (Phi) is 7.92. The third kappa shape index (κ3) is 6.71. The van der Waals surface area contributed by atoms with Gasteiger partial charge in [-0.15, -0.1) is 0 Å². The van der Waals surface area contributed by atoms with Crippen molar-refractivity contribution >= 4 is 44.9 Å². The van der Waals surface area contributed by atoms with Crippen LogP contribution >= 0.6 is 11.6 Å². The van der Waals surface area contributed by atoms with Gasteiger partial charge in [0.05, 0.1) is 22.8 Å². The van der Waals surface area contributed by atoms with Crippen LogP contribution in [0.15, 0.2) is 77.7 Å². The van der Waals surface area contributed by atoms with Gasteiger partial charge >= 0.3 is 5.97 Å². The Morgan fingerprint density at radius 1 is 0.939 bits per heavy atom. The van der Waals surface area contributed by atoms with E-state index in [1.165, 1.54) is 36.4 Å². The summed E-state index contributed by atoms with van der Waals surface area (Å²) < 4.78 is 38.3. The summed E-state index contributed by atoms with van der Waals surface area (Å²) in [5, 5.41) is 3.08. The van der Waals surface area contributed by atoms with E-state index in [0.29, 0.717) is 23.1 Å². The Labute approximate surface area is 196 Å². The first-order valence-electron chi connectivity index (χ1n) is 9.86. The highest BCUT2D eigenvalue weighted by Crippen LogP contribution is 2.22. The van der Waals surface area contributed by atoms with Crippen molar-refractivity contribution in [2.45, 2.75) is 11.8 Å². The molecule has 3 aromatic carbocycles. The van der Waals surface area contributed by atoms with Crippen LogP contribution in [-0.2, 0) is 19.6 Å². The topological polar surface area (TPSA) is 111 Å². The number of rotatable bonds is 9. The van der Waals surface area contributed by atoms with E-state index in [2.05, 4.69) is 10.0 Å². The Hall–Kier alpha value is -3.56. The first kappa shape index (κ1) is 24.1. The average molecular weight is 489 g/mol. The molecule has 3 aromatic rings. The summed E-state index contributed by atoms with van der Waals surface area (Å²) in [7, 11) is -3.98. The van der Waals surface area contributed by atoms with Gasteiger partial charge in [0.25, 0.3) is 15.9 Å². The second-order valence-electron chi connectivity index (χ2n) is 6.69. The Bertz CT molecular complexity index is 1230. The fourth-order valence-electron chi connectivity index (χ4n) is 2.77. The van der Waals surface area contributed by atoms with Crippen LogP contribution in [0.2, 0.25) is 5.02 Å². The van der Waals surface area contributed by atoms with Crippen LogP contribution in [-0.4, -0.2) is 33.5 Å². The minimum atomic E-state index is -3.98. The minimum absolute atomic E-state index is 0.00327. The van der Waals surface area contributed by atoms with E-state index in [9.17, 15) is 18.0 Å². The molecule has 0 fully saturated rings. The quantitative estimate of drug-likeness (QED) is 0.433. The number of hydrogen-bond donors (Lipinski definition) is 2. The van der Waals surface area contributed by atoms with Gasteiger partial charge in [-0.3, -0.25) is 9.52 Å². The molecule has 2 N–H and O–H groups in total. The molecule has 8 nitrogen and oxygen atoms in total. The number of carbonyl (C=O) groups is 2.